The van der Waals surface area contributed by atoms with E-state index in [0.29, 0.717) is 26.8 Å². The van der Waals surface area contributed by atoms with Crippen LogP contribution in [0.15, 0.2) is 45.3 Å². The van der Waals surface area contributed by atoms with E-state index in [4.69, 9.17) is 4.74 Å². The number of amides is 1. The molecule has 22 heavy (non-hydrogen) atoms. The average molecular weight is 429 g/mol. The van der Waals surface area contributed by atoms with Gasteiger partial charge < -0.3 is 15.2 Å². The molecule has 4 nitrogen and oxygen atoms in total. The lowest BCUT2D eigenvalue weighted by molar-refractivity contribution is 0.102. The van der Waals surface area contributed by atoms with Crippen molar-refractivity contribution in [1.29, 1.82) is 0 Å². The fourth-order valence-corrected chi connectivity index (χ4v) is 2.95. The van der Waals surface area contributed by atoms with Crippen molar-refractivity contribution in [2.24, 2.45) is 0 Å². The number of phenolic OH excluding ortho intramolecular Hbond substituents is 1. The predicted molar refractivity (Wildman–Crippen MR) is 93.7 cm³/mol. The van der Waals surface area contributed by atoms with Gasteiger partial charge in [-0.05, 0) is 74.7 Å². The second-order valence-corrected chi connectivity index (χ2v) is 6.32. The molecular weight excluding hydrogens is 414 g/mol. The molecule has 0 aliphatic rings. The minimum Gasteiger partial charge on any atom is -0.506 e. The first-order chi connectivity index (χ1) is 10.5. The zero-order chi connectivity index (χ0) is 16.1. The van der Waals surface area contributed by atoms with Crippen LogP contribution in [0.4, 0.5) is 5.69 Å². The summed E-state index contributed by atoms with van der Waals surface area (Å²) in [4.78, 5) is 12.2. The van der Waals surface area contributed by atoms with E-state index in [1.54, 1.807) is 36.4 Å². The van der Waals surface area contributed by atoms with Gasteiger partial charge in [-0.2, -0.15) is 0 Å². The van der Waals surface area contributed by atoms with Crippen molar-refractivity contribution in [3.8, 4) is 11.5 Å². The van der Waals surface area contributed by atoms with Crippen molar-refractivity contribution in [2.45, 2.75) is 13.3 Å². The molecule has 0 heterocycles. The number of benzene rings is 2. The Labute approximate surface area is 145 Å². The molecular formula is C16H15Br2NO3. The summed E-state index contributed by atoms with van der Waals surface area (Å²) in [6, 6.07) is 10.2. The molecule has 0 aliphatic heterocycles. The van der Waals surface area contributed by atoms with Gasteiger partial charge in [0, 0.05) is 11.3 Å². The number of hydrogen-bond acceptors (Lipinski definition) is 3. The van der Waals surface area contributed by atoms with Crippen LogP contribution in [-0.4, -0.2) is 17.6 Å². The smallest absolute Gasteiger partial charge is 0.255 e. The van der Waals surface area contributed by atoms with Gasteiger partial charge in [0.2, 0.25) is 0 Å². The van der Waals surface area contributed by atoms with E-state index < -0.39 is 0 Å². The van der Waals surface area contributed by atoms with Crippen LogP contribution in [0.1, 0.15) is 23.7 Å². The fraction of sp³-hybridized carbons (Fsp3) is 0.188. The summed E-state index contributed by atoms with van der Waals surface area (Å²) in [5, 5.41) is 12.4. The second-order valence-electron chi connectivity index (χ2n) is 4.62. The van der Waals surface area contributed by atoms with Crippen LogP contribution in [0.3, 0.4) is 0 Å². The van der Waals surface area contributed by atoms with Gasteiger partial charge in [-0.25, -0.2) is 0 Å². The molecule has 2 aromatic rings. The number of rotatable bonds is 5. The van der Waals surface area contributed by atoms with Crippen LogP contribution in [0.5, 0.6) is 11.5 Å². The topological polar surface area (TPSA) is 58.6 Å². The fourth-order valence-electron chi connectivity index (χ4n) is 1.76. The van der Waals surface area contributed by atoms with Crippen LogP contribution in [-0.2, 0) is 0 Å². The first-order valence-electron chi connectivity index (χ1n) is 6.73. The zero-order valence-corrected chi connectivity index (χ0v) is 15.1. The minimum absolute atomic E-state index is 0.0930. The van der Waals surface area contributed by atoms with Crippen molar-refractivity contribution in [1.82, 2.24) is 0 Å². The molecule has 0 saturated heterocycles. The Hall–Kier alpha value is -1.53. The maximum atomic E-state index is 12.2. The first-order valence-corrected chi connectivity index (χ1v) is 8.32. The molecule has 0 radical (unpaired) electrons. The van der Waals surface area contributed by atoms with Crippen LogP contribution >= 0.6 is 31.9 Å². The zero-order valence-electron chi connectivity index (χ0n) is 11.9. The van der Waals surface area contributed by atoms with Crippen LogP contribution in [0.2, 0.25) is 0 Å². The number of halogens is 2. The van der Waals surface area contributed by atoms with E-state index in [0.717, 1.165) is 12.2 Å². The number of carbonyl (C=O) groups is 1. The molecule has 0 aromatic heterocycles. The highest BCUT2D eigenvalue weighted by molar-refractivity contribution is 9.11. The van der Waals surface area contributed by atoms with Gasteiger partial charge in [0.05, 0.1) is 15.6 Å². The van der Waals surface area contributed by atoms with E-state index in [1.807, 2.05) is 6.92 Å². The number of nitrogens with one attached hydrogen (secondary N) is 1. The standard InChI is InChI=1S/C16H15Br2NO3/c1-2-7-22-12-5-3-10(4-6-12)16(21)19-11-8-13(17)15(20)14(18)9-11/h3-6,8-9,20H,2,7H2,1H3,(H,19,21). The number of anilines is 1. The number of carbonyl (C=O) groups excluding carboxylic acids is 1. The Morgan fingerprint density at radius 3 is 2.32 bits per heavy atom. The monoisotopic (exact) mass is 427 g/mol. The molecule has 0 spiro atoms. The SMILES string of the molecule is CCCOc1ccc(C(=O)Nc2cc(Br)c(O)c(Br)c2)cc1. The number of ether oxygens (including phenoxy) is 1. The normalized spacial score (nSPS) is 10.3. The Morgan fingerprint density at radius 1 is 1.18 bits per heavy atom. The maximum Gasteiger partial charge on any atom is 0.255 e. The van der Waals surface area contributed by atoms with E-state index in [2.05, 4.69) is 37.2 Å². The molecule has 2 rings (SSSR count). The van der Waals surface area contributed by atoms with Gasteiger partial charge in [0.25, 0.3) is 5.91 Å². The summed E-state index contributed by atoms with van der Waals surface area (Å²) in [7, 11) is 0. The van der Waals surface area contributed by atoms with E-state index in [-0.39, 0.29) is 11.7 Å². The summed E-state index contributed by atoms with van der Waals surface area (Å²) in [6.45, 7) is 2.69. The molecule has 0 aliphatic carbocycles. The number of aromatic hydroxyl groups is 1. The Morgan fingerprint density at radius 2 is 1.77 bits per heavy atom. The molecule has 0 bridgehead atoms. The third-order valence-corrected chi connectivity index (χ3v) is 4.07. The third-order valence-electron chi connectivity index (χ3n) is 2.86. The van der Waals surface area contributed by atoms with E-state index in [9.17, 15) is 9.90 Å². The van der Waals surface area contributed by atoms with Gasteiger partial charge in [-0.15, -0.1) is 0 Å². The largest absolute Gasteiger partial charge is 0.506 e. The van der Waals surface area contributed by atoms with Crippen LogP contribution < -0.4 is 10.1 Å². The highest BCUT2D eigenvalue weighted by atomic mass is 79.9. The molecule has 0 unspecified atom stereocenters. The van der Waals surface area contributed by atoms with Crippen LogP contribution in [0.25, 0.3) is 0 Å². The van der Waals surface area contributed by atoms with Crippen molar-refractivity contribution in [2.75, 3.05) is 11.9 Å². The predicted octanol–water partition coefficient (Wildman–Crippen LogP) is 4.96. The van der Waals surface area contributed by atoms with Crippen molar-refractivity contribution in [3.63, 3.8) is 0 Å². The molecule has 2 N–H and O–H groups in total. The quantitative estimate of drug-likeness (QED) is 0.661. The molecule has 2 aromatic carbocycles. The van der Waals surface area contributed by atoms with Gasteiger partial charge in [-0.1, -0.05) is 6.92 Å². The number of hydrogen-bond donors (Lipinski definition) is 2. The summed E-state index contributed by atoms with van der Waals surface area (Å²) >= 11 is 6.46. The van der Waals surface area contributed by atoms with Crippen molar-refractivity contribution >= 4 is 43.5 Å². The summed E-state index contributed by atoms with van der Waals surface area (Å²) in [5.41, 5.74) is 1.11. The molecule has 6 heteroatoms. The Bertz CT molecular complexity index is 649. The van der Waals surface area contributed by atoms with Gasteiger partial charge >= 0.3 is 0 Å². The highest BCUT2D eigenvalue weighted by Gasteiger charge is 2.10. The van der Waals surface area contributed by atoms with Crippen LogP contribution in [0, 0.1) is 0 Å². The Balaban J connectivity index is 2.09. The van der Waals surface area contributed by atoms with Gasteiger partial charge in [0.15, 0.2) is 0 Å². The van der Waals surface area contributed by atoms with Crippen molar-refractivity contribution in [3.05, 3.63) is 50.9 Å². The van der Waals surface area contributed by atoms with E-state index in [1.165, 1.54) is 0 Å². The lowest BCUT2D eigenvalue weighted by atomic mass is 10.2. The van der Waals surface area contributed by atoms with Gasteiger partial charge in [0.1, 0.15) is 11.5 Å². The lowest BCUT2D eigenvalue weighted by Gasteiger charge is -2.09. The summed E-state index contributed by atoms with van der Waals surface area (Å²) in [5.74, 6) is 0.607. The molecule has 1 amide bonds. The molecule has 116 valence electrons. The summed E-state index contributed by atoms with van der Waals surface area (Å²) in [6.07, 6.45) is 0.937. The lowest BCUT2D eigenvalue weighted by Crippen LogP contribution is -2.11. The third kappa shape index (κ3) is 4.24. The summed E-state index contributed by atoms with van der Waals surface area (Å²) < 4.78 is 6.48. The molecule has 0 atom stereocenters. The molecule has 0 fully saturated rings. The average Bonchev–Trinajstić information content (AvgIpc) is 2.51. The minimum atomic E-state index is -0.230. The molecule has 0 saturated carbocycles. The second kappa shape index (κ2) is 7.65. The Kier molecular flexibility index (Phi) is 5.85. The maximum absolute atomic E-state index is 12.2. The first kappa shape index (κ1) is 16.8. The number of phenols is 1. The van der Waals surface area contributed by atoms with Crippen molar-refractivity contribution < 1.29 is 14.6 Å². The van der Waals surface area contributed by atoms with E-state index >= 15 is 0 Å². The van der Waals surface area contributed by atoms with Gasteiger partial charge in [-0.3, -0.25) is 4.79 Å². The highest BCUT2D eigenvalue weighted by Crippen LogP contribution is 2.35.